The number of hydrogen-bond acceptors (Lipinski definition) is 6. The zero-order valence-corrected chi connectivity index (χ0v) is 14.1. The summed E-state index contributed by atoms with van der Waals surface area (Å²) in [5.41, 5.74) is 1.56. The summed E-state index contributed by atoms with van der Waals surface area (Å²) >= 11 is 0. The number of nitrogens with zero attached hydrogens (tertiary/aromatic N) is 1. The second-order valence-corrected chi connectivity index (χ2v) is 6.43. The van der Waals surface area contributed by atoms with E-state index >= 15 is 0 Å². The largest absolute Gasteiger partial charge is 0.411 e. The molecular weight excluding hydrogens is 310 g/mol. The molecule has 0 amide bonds. The van der Waals surface area contributed by atoms with Gasteiger partial charge in [-0.3, -0.25) is 0 Å². The Kier molecular flexibility index (Phi) is 5.01. The molecule has 1 aromatic rings. The van der Waals surface area contributed by atoms with Gasteiger partial charge in [-0.1, -0.05) is 41.6 Å². The first kappa shape index (κ1) is 17.1. The van der Waals surface area contributed by atoms with Crippen LogP contribution in [0.5, 0.6) is 0 Å². The predicted molar refractivity (Wildman–Crippen MR) is 87.8 cm³/mol. The van der Waals surface area contributed by atoms with Crippen LogP contribution in [-0.2, 0) is 25.6 Å². The molecule has 0 radical (unpaired) electrons. The van der Waals surface area contributed by atoms with E-state index in [1.54, 1.807) is 13.0 Å². The maximum Gasteiger partial charge on any atom is 0.190 e. The first-order valence-corrected chi connectivity index (χ1v) is 8.02. The fraction of sp³-hybridized carbons (Fsp3) is 0.500. The van der Waals surface area contributed by atoms with E-state index in [9.17, 15) is 0 Å². The van der Waals surface area contributed by atoms with Crippen molar-refractivity contribution >= 4 is 5.71 Å². The molecule has 2 saturated heterocycles. The van der Waals surface area contributed by atoms with Gasteiger partial charge in [0, 0.05) is 0 Å². The minimum absolute atomic E-state index is 0.301. The maximum atomic E-state index is 8.77. The van der Waals surface area contributed by atoms with Crippen molar-refractivity contribution in [3.8, 4) is 0 Å². The van der Waals surface area contributed by atoms with Gasteiger partial charge < -0.3 is 24.2 Å². The van der Waals surface area contributed by atoms with Crippen molar-refractivity contribution in [2.45, 2.75) is 57.8 Å². The van der Waals surface area contributed by atoms with Gasteiger partial charge >= 0.3 is 0 Å². The third kappa shape index (κ3) is 3.84. The van der Waals surface area contributed by atoms with Crippen molar-refractivity contribution in [3.05, 3.63) is 48.0 Å². The van der Waals surface area contributed by atoms with Gasteiger partial charge in [0.2, 0.25) is 0 Å². The molecule has 1 N–H and O–H groups in total. The van der Waals surface area contributed by atoms with E-state index in [1.165, 1.54) is 0 Å². The average molecular weight is 333 g/mol. The number of hydrogen-bond donors (Lipinski definition) is 1. The lowest BCUT2D eigenvalue weighted by molar-refractivity contribution is -0.213. The summed E-state index contributed by atoms with van der Waals surface area (Å²) in [5, 5.41) is 11.9. The third-order valence-electron chi connectivity index (χ3n) is 4.00. The summed E-state index contributed by atoms with van der Waals surface area (Å²) in [5.74, 6) is -0.694. The van der Waals surface area contributed by atoms with Crippen LogP contribution < -0.4 is 0 Å². The van der Waals surface area contributed by atoms with Gasteiger partial charge in [0.25, 0.3) is 0 Å². The fourth-order valence-electron chi connectivity index (χ4n) is 2.88. The highest BCUT2D eigenvalue weighted by atomic mass is 16.8. The highest BCUT2D eigenvalue weighted by molar-refractivity contribution is 5.92. The molecule has 130 valence electrons. The lowest BCUT2D eigenvalue weighted by Crippen LogP contribution is -2.36. The first-order chi connectivity index (χ1) is 11.5. The van der Waals surface area contributed by atoms with Crippen molar-refractivity contribution in [3.63, 3.8) is 0 Å². The van der Waals surface area contributed by atoms with Gasteiger partial charge in [-0.2, -0.15) is 0 Å². The average Bonchev–Trinajstić information content (AvgIpc) is 3.03. The molecule has 0 aromatic heterocycles. The molecule has 6 nitrogen and oxygen atoms in total. The van der Waals surface area contributed by atoms with Crippen LogP contribution in [0.15, 0.2) is 47.6 Å². The Balaban J connectivity index is 1.72. The molecular formula is C18H23NO5. The van der Waals surface area contributed by atoms with Crippen LogP contribution in [0.3, 0.4) is 0 Å². The maximum absolute atomic E-state index is 8.77. The third-order valence-corrected chi connectivity index (χ3v) is 4.00. The predicted octanol–water partition coefficient (Wildman–Crippen LogP) is 2.85. The fourth-order valence-corrected chi connectivity index (χ4v) is 2.88. The molecule has 6 heteroatoms. The SMILES string of the molecule is CC(/C=C/[C@H]1O[C@@H]2OC(C)(C)O[C@@H]2[C@@H]1OCc1ccccc1)=N/O. The molecule has 1 aromatic carbocycles. The van der Waals surface area contributed by atoms with Crippen molar-refractivity contribution < 1.29 is 24.2 Å². The molecule has 0 bridgehead atoms. The van der Waals surface area contributed by atoms with Crippen LogP contribution in [0.2, 0.25) is 0 Å². The zero-order valence-electron chi connectivity index (χ0n) is 14.1. The number of fused-ring (bicyclic) bond motifs is 1. The summed E-state index contributed by atoms with van der Waals surface area (Å²) < 4.78 is 23.7. The summed E-state index contributed by atoms with van der Waals surface area (Å²) in [6, 6.07) is 9.94. The molecule has 0 aliphatic carbocycles. The van der Waals surface area contributed by atoms with Crippen LogP contribution in [-0.4, -0.2) is 41.3 Å². The Morgan fingerprint density at radius 1 is 1.29 bits per heavy atom. The van der Waals surface area contributed by atoms with E-state index in [0.29, 0.717) is 12.3 Å². The number of oxime groups is 1. The number of benzene rings is 1. The Morgan fingerprint density at radius 2 is 2.04 bits per heavy atom. The molecule has 4 atom stereocenters. The second kappa shape index (κ2) is 7.03. The molecule has 24 heavy (non-hydrogen) atoms. The standard InChI is InChI=1S/C18H23NO5/c1-12(19-20)9-10-14-15(21-11-13-7-5-4-6-8-13)16-17(22-14)24-18(2,3)23-16/h4-10,14-17,20H,11H2,1-3H3/b10-9+,19-12-/t14-,15-,16-,17-/m1/s1. The molecule has 3 rings (SSSR count). The highest BCUT2D eigenvalue weighted by Gasteiger charge is 2.54. The number of rotatable bonds is 5. The Hall–Kier alpha value is -1.73. The smallest absolute Gasteiger partial charge is 0.190 e. The summed E-state index contributed by atoms with van der Waals surface area (Å²) in [7, 11) is 0. The quantitative estimate of drug-likeness (QED) is 0.510. The van der Waals surface area contributed by atoms with Gasteiger partial charge in [0.1, 0.15) is 18.3 Å². The molecule has 2 heterocycles. The Bertz CT molecular complexity index is 613. The minimum Gasteiger partial charge on any atom is -0.411 e. The van der Waals surface area contributed by atoms with E-state index in [4.69, 9.17) is 24.2 Å². The van der Waals surface area contributed by atoms with Gasteiger partial charge in [0.05, 0.1) is 12.3 Å². The van der Waals surface area contributed by atoms with Crippen LogP contribution in [0.1, 0.15) is 26.3 Å². The molecule has 0 unspecified atom stereocenters. The number of allylic oxidation sites excluding steroid dienone is 1. The molecule has 2 fully saturated rings. The van der Waals surface area contributed by atoms with E-state index in [0.717, 1.165) is 5.56 Å². The zero-order chi connectivity index (χ0) is 17.2. The normalized spacial score (nSPS) is 32.4. The van der Waals surface area contributed by atoms with E-state index in [1.807, 2.05) is 50.3 Å². The van der Waals surface area contributed by atoms with Gasteiger partial charge in [-0.15, -0.1) is 0 Å². The molecule has 0 spiro atoms. The van der Waals surface area contributed by atoms with Gasteiger partial charge in [0.15, 0.2) is 12.1 Å². The highest BCUT2D eigenvalue weighted by Crippen LogP contribution is 2.39. The summed E-state index contributed by atoms with van der Waals surface area (Å²) in [6.45, 7) is 5.87. The molecule has 0 saturated carbocycles. The van der Waals surface area contributed by atoms with Crippen LogP contribution in [0.4, 0.5) is 0 Å². The first-order valence-electron chi connectivity index (χ1n) is 8.02. The van der Waals surface area contributed by atoms with Crippen molar-refractivity contribution in [1.29, 1.82) is 0 Å². The lowest BCUT2D eigenvalue weighted by atomic mass is 10.1. The van der Waals surface area contributed by atoms with Crippen LogP contribution in [0.25, 0.3) is 0 Å². The summed E-state index contributed by atoms with van der Waals surface area (Å²) in [4.78, 5) is 0. The van der Waals surface area contributed by atoms with E-state index < -0.39 is 12.1 Å². The minimum atomic E-state index is -0.694. The van der Waals surface area contributed by atoms with Crippen molar-refractivity contribution in [2.75, 3.05) is 0 Å². The van der Waals surface area contributed by atoms with Crippen molar-refractivity contribution in [1.82, 2.24) is 0 Å². The van der Waals surface area contributed by atoms with E-state index in [-0.39, 0.29) is 18.3 Å². The van der Waals surface area contributed by atoms with Crippen molar-refractivity contribution in [2.24, 2.45) is 5.16 Å². The Labute approximate surface area is 141 Å². The lowest BCUT2D eigenvalue weighted by Gasteiger charge is -2.24. The van der Waals surface area contributed by atoms with Crippen LogP contribution >= 0.6 is 0 Å². The second-order valence-electron chi connectivity index (χ2n) is 6.43. The van der Waals surface area contributed by atoms with Gasteiger partial charge in [-0.05, 0) is 32.4 Å². The molecule has 2 aliphatic rings. The number of ether oxygens (including phenoxy) is 4. The monoisotopic (exact) mass is 333 g/mol. The molecule has 2 aliphatic heterocycles. The van der Waals surface area contributed by atoms with Gasteiger partial charge in [-0.25, -0.2) is 0 Å². The Morgan fingerprint density at radius 3 is 2.75 bits per heavy atom. The van der Waals surface area contributed by atoms with E-state index in [2.05, 4.69) is 5.16 Å². The topological polar surface area (TPSA) is 69.5 Å². The summed E-state index contributed by atoms with van der Waals surface area (Å²) in [6.07, 6.45) is 2.08. The van der Waals surface area contributed by atoms with Crippen LogP contribution in [0, 0.1) is 0 Å².